The van der Waals surface area contributed by atoms with E-state index in [2.05, 4.69) is 9.46 Å². The van der Waals surface area contributed by atoms with E-state index in [1.165, 1.54) is 19.2 Å². The van der Waals surface area contributed by atoms with Gasteiger partial charge in [0.15, 0.2) is 0 Å². The lowest BCUT2D eigenvalue weighted by atomic mass is 10.1. The number of rotatable bonds is 7. The number of sulfonamides is 1. The van der Waals surface area contributed by atoms with Gasteiger partial charge in [0, 0.05) is 6.42 Å². The molecule has 0 saturated carbocycles. The van der Waals surface area contributed by atoms with Crippen LogP contribution in [0.3, 0.4) is 0 Å². The van der Waals surface area contributed by atoms with E-state index in [9.17, 15) is 13.2 Å². The summed E-state index contributed by atoms with van der Waals surface area (Å²) >= 11 is 0. The molecule has 0 amide bonds. The first kappa shape index (κ1) is 17.6. The number of benzene rings is 2. The van der Waals surface area contributed by atoms with Crippen LogP contribution in [-0.2, 0) is 24.3 Å². The molecule has 2 unspecified atom stereocenters. The fourth-order valence-electron chi connectivity index (χ4n) is 2.51. The highest BCUT2D eigenvalue weighted by Crippen LogP contribution is 2.22. The van der Waals surface area contributed by atoms with Crippen molar-refractivity contribution in [1.29, 1.82) is 0 Å². The van der Waals surface area contributed by atoms with Crippen LogP contribution in [0.2, 0.25) is 0 Å². The van der Waals surface area contributed by atoms with Gasteiger partial charge < -0.3 is 9.47 Å². The Bertz CT molecular complexity index is 830. The Morgan fingerprint density at radius 1 is 1.16 bits per heavy atom. The summed E-state index contributed by atoms with van der Waals surface area (Å²) in [7, 11) is -2.61. The van der Waals surface area contributed by atoms with Gasteiger partial charge in [-0.25, -0.2) is 8.42 Å². The van der Waals surface area contributed by atoms with Gasteiger partial charge in [-0.05, 0) is 23.3 Å². The summed E-state index contributed by atoms with van der Waals surface area (Å²) in [6.07, 6.45) is 0.154. The van der Waals surface area contributed by atoms with Crippen LogP contribution in [0.1, 0.15) is 6.42 Å². The predicted octanol–water partition coefficient (Wildman–Crippen LogP) is 1.96. The maximum absolute atomic E-state index is 12.6. The van der Waals surface area contributed by atoms with Gasteiger partial charge in [-0.15, -0.1) is 0 Å². The molecule has 25 heavy (non-hydrogen) atoms. The number of ether oxygens (including phenoxy) is 2. The van der Waals surface area contributed by atoms with E-state index < -0.39 is 22.0 Å². The molecule has 1 heterocycles. The molecule has 1 saturated heterocycles. The molecule has 1 fully saturated rings. The van der Waals surface area contributed by atoms with Crippen molar-refractivity contribution in [2.45, 2.75) is 23.5 Å². The van der Waals surface area contributed by atoms with Crippen LogP contribution in [0.4, 0.5) is 0 Å². The zero-order valence-electron chi connectivity index (χ0n) is 13.7. The highest BCUT2D eigenvalue weighted by molar-refractivity contribution is 7.89. The minimum Gasteiger partial charge on any atom is -0.468 e. The van der Waals surface area contributed by atoms with Crippen molar-refractivity contribution >= 4 is 16.0 Å². The van der Waals surface area contributed by atoms with Crippen LogP contribution in [0.25, 0.3) is 11.1 Å². The van der Waals surface area contributed by atoms with Crippen LogP contribution in [0.15, 0.2) is 59.5 Å². The standard InChI is InChI=1S/C18H19NO5S/c1-23-18(20)17(11-15-12-24-15)19-25(21,22)16-9-7-14(8-10-16)13-5-3-2-4-6-13/h2-10,15,17,19H,11-12H2,1H3. The lowest BCUT2D eigenvalue weighted by Gasteiger charge is -2.16. The molecule has 0 spiro atoms. The van der Waals surface area contributed by atoms with Crippen LogP contribution in [-0.4, -0.2) is 40.2 Å². The maximum atomic E-state index is 12.6. The maximum Gasteiger partial charge on any atom is 0.324 e. The summed E-state index contributed by atoms with van der Waals surface area (Å²) in [5.41, 5.74) is 1.91. The molecule has 3 rings (SSSR count). The second-order valence-corrected chi connectivity index (χ2v) is 7.49. The van der Waals surface area contributed by atoms with E-state index in [1.807, 2.05) is 30.3 Å². The number of nitrogens with one attached hydrogen (secondary N) is 1. The number of methoxy groups -OCH3 is 1. The summed E-state index contributed by atoms with van der Waals surface area (Å²) in [6.45, 7) is 0.529. The smallest absolute Gasteiger partial charge is 0.324 e. The molecule has 0 radical (unpaired) electrons. The Kier molecular flexibility index (Phi) is 5.17. The molecule has 0 bridgehead atoms. The summed E-state index contributed by atoms with van der Waals surface area (Å²) < 4.78 is 37.3. The number of esters is 1. The second-order valence-electron chi connectivity index (χ2n) is 5.78. The second kappa shape index (κ2) is 7.35. The molecule has 2 aromatic rings. The van der Waals surface area contributed by atoms with E-state index in [4.69, 9.17) is 4.74 Å². The third-order valence-corrected chi connectivity index (χ3v) is 5.44. The van der Waals surface area contributed by atoms with Crippen molar-refractivity contribution in [1.82, 2.24) is 4.72 Å². The number of carbonyl (C=O) groups excluding carboxylic acids is 1. The monoisotopic (exact) mass is 361 g/mol. The first-order valence-electron chi connectivity index (χ1n) is 7.87. The van der Waals surface area contributed by atoms with E-state index in [0.29, 0.717) is 6.61 Å². The molecule has 2 atom stereocenters. The van der Waals surface area contributed by atoms with Gasteiger partial charge >= 0.3 is 5.97 Å². The van der Waals surface area contributed by atoms with Crippen molar-refractivity contribution in [2.24, 2.45) is 0 Å². The summed E-state index contributed by atoms with van der Waals surface area (Å²) in [5.74, 6) is -0.625. The highest BCUT2D eigenvalue weighted by Gasteiger charge is 2.34. The van der Waals surface area contributed by atoms with Gasteiger partial charge in [0.05, 0.1) is 24.7 Å². The Morgan fingerprint density at radius 3 is 2.32 bits per heavy atom. The molecule has 1 N–H and O–H groups in total. The Balaban J connectivity index is 1.77. The van der Waals surface area contributed by atoms with Crippen LogP contribution < -0.4 is 4.72 Å². The third kappa shape index (κ3) is 4.45. The number of carbonyl (C=O) groups is 1. The average molecular weight is 361 g/mol. The summed E-state index contributed by atoms with van der Waals surface area (Å²) in [4.78, 5) is 11.9. The SMILES string of the molecule is COC(=O)C(CC1CO1)NS(=O)(=O)c1ccc(-c2ccccc2)cc1. The van der Waals surface area contributed by atoms with Crippen LogP contribution in [0.5, 0.6) is 0 Å². The van der Waals surface area contributed by atoms with Crippen molar-refractivity contribution in [3.05, 3.63) is 54.6 Å². The predicted molar refractivity (Wildman–Crippen MR) is 92.4 cm³/mol. The summed E-state index contributed by atoms with van der Waals surface area (Å²) in [6, 6.07) is 15.2. The summed E-state index contributed by atoms with van der Waals surface area (Å²) in [5, 5.41) is 0. The van der Waals surface area contributed by atoms with Crippen LogP contribution in [0, 0.1) is 0 Å². The zero-order chi connectivity index (χ0) is 17.9. The van der Waals surface area contributed by atoms with E-state index in [-0.39, 0.29) is 17.4 Å². The topological polar surface area (TPSA) is 85.0 Å². The van der Waals surface area contributed by atoms with Crippen LogP contribution >= 0.6 is 0 Å². The Morgan fingerprint density at radius 2 is 1.76 bits per heavy atom. The highest BCUT2D eigenvalue weighted by atomic mass is 32.2. The van der Waals surface area contributed by atoms with E-state index in [0.717, 1.165) is 11.1 Å². The molecular weight excluding hydrogens is 342 g/mol. The minimum absolute atomic E-state index is 0.0952. The zero-order valence-corrected chi connectivity index (χ0v) is 14.5. The number of hydrogen-bond donors (Lipinski definition) is 1. The normalized spacial score (nSPS) is 17.7. The van der Waals surface area contributed by atoms with Gasteiger partial charge in [-0.2, -0.15) is 4.72 Å². The van der Waals surface area contributed by atoms with E-state index >= 15 is 0 Å². The first-order valence-corrected chi connectivity index (χ1v) is 9.35. The van der Waals surface area contributed by atoms with Gasteiger partial charge in [0.2, 0.25) is 10.0 Å². The molecule has 1 aliphatic rings. The molecule has 7 heteroatoms. The molecule has 0 aromatic heterocycles. The number of hydrogen-bond acceptors (Lipinski definition) is 5. The van der Waals surface area contributed by atoms with Crippen molar-refractivity contribution in [3.63, 3.8) is 0 Å². The van der Waals surface area contributed by atoms with Crippen molar-refractivity contribution < 1.29 is 22.7 Å². The van der Waals surface area contributed by atoms with Gasteiger partial charge in [0.1, 0.15) is 6.04 Å². The fourth-order valence-corrected chi connectivity index (χ4v) is 3.71. The van der Waals surface area contributed by atoms with Gasteiger partial charge in [0.25, 0.3) is 0 Å². The van der Waals surface area contributed by atoms with Gasteiger partial charge in [-0.3, -0.25) is 4.79 Å². The molecule has 132 valence electrons. The third-order valence-electron chi connectivity index (χ3n) is 3.96. The Labute approximate surface area is 146 Å². The Hall–Kier alpha value is -2.22. The molecule has 0 aliphatic carbocycles. The van der Waals surface area contributed by atoms with Crippen molar-refractivity contribution in [3.8, 4) is 11.1 Å². The molecule has 1 aliphatic heterocycles. The van der Waals surface area contributed by atoms with Gasteiger partial charge in [-0.1, -0.05) is 42.5 Å². The molecule has 6 nitrogen and oxygen atoms in total. The minimum atomic E-state index is -3.84. The quantitative estimate of drug-likeness (QED) is 0.602. The fraction of sp³-hybridized carbons (Fsp3) is 0.278. The van der Waals surface area contributed by atoms with E-state index in [1.54, 1.807) is 12.1 Å². The average Bonchev–Trinajstić information content (AvgIpc) is 3.45. The van der Waals surface area contributed by atoms with Crippen molar-refractivity contribution in [2.75, 3.05) is 13.7 Å². The molecular formula is C18H19NO5S. The largest absolute Gasteiger partial charge is 0.468 e. The lowest BCUT2D eigenvalue weighted by Crippen LogP contribution is -2.42. The molecule has 2 aromatic carbocycles. The first-order chi connectivity index (χ1) is 12.0. The lowest BCUT2D eigenvalue weighted by molar-refractivity contribution is -0.142. The number of epoxide rings is 1.